The highest BCUT2D eigenvalue weighted by Gasteiger charge is 2.23. The molecule has 1 aliphatic rings. The predicted molar refractivity (Wildman–Crippen MR) is 51.0 cm³/mol. The van der Waals surface area contributed by atoms with Crippen LogP contribution in [0, 0.1) is 5.41 Å². The van der Waals surface area contributed by atoms with Crippen LogP contribution in [0.15, 0.2) is 11.6 Å². The van der Waals surface area contributed by atoms with Crippen molar-refractivity contribution in [1.29, 1.82) is 0 Å². The second-order valence-corrected chi connectivity index (χ2v) is 4.61. The van der Waals surface area contributed by atoms with Crippen molar-refractivity contribution in [2.75, 3.05) is 0 Å². The van der Waals surface area contributed by atoms with Crippen LogP contribution >= 0.6 is 0 Å². The Hall–Kier alpha value is -0.590. The normalized spacial score (nSPS) is 25.8. The van der Waals surface area contributed by atoms with Crippen LogP contribution in [0.2, 0.25) is 0 Å². The average Bonchev–Trinajstić information content (AvgIpc) is 1.82. The molecule has 0 saturated heterocycles. The molecule has 68 valence electrons. The van der Waals surface area contributed by atoms with E-state index >= 15 is 0 Å². The van der Waals surface area contributed by atoms with E-state index in [1.165, 1.54) is 18.4 Å². The minimum Gasteiger partial charge on any atom is -0.295 e. The minimum atomic E-state index is 0.197. The highest BCUT2D eigenvalue weighted by Crippen LogP contribution is 2.37. The first-order valence-electron chi connectivity index (χ1n) is 4.70. The van der Waals surface area contributed by atoms with E-state index in [9.17, 15) is 4.79 Å². The van der Waals surface area contributed by atoms with Gasteiger partial charge in [0.25, 0.3) is 0 Å². The Bertz CT molecular complexity index is 211. The van der Waals surface area contributed by atoms with E-state index < -0.39 is 0 Å². The summed E-state index contributed by atoms with van der Waals surface area (Å²) in [4.78, 5) is 10.8. The molecule has 1 fully saturated rings. The van der Waals surface area contributed by atoms with Crippen LogP contribution in [0.5, 0.6) is 0 Å². The van der Waals surface area contributed by atoms with Crippen LogP contribution in [0.3, 0.4) is 0 Å². The molecule has 0 radical (unpaired) electrons. The molecule has 0 N–H and O–H groups in total. The van der Waals surface area contributed by atoms with Crippen molar-refractivity contribution in [3.63, 3.8) is 0 Å². The summed E-state index contributed by atoms with van der Waals surface area (Å²) < 4.78 is 0. The summed E-state index contributed by atoms with van der Waals surface area (Å²) in [6.07, 6.45) is 6.59. The molecule has 0 amide bonds. The molecule has 0 spiro atoms. The topological polar surface area (TPSA) is 17.1 Å². The zero-order valence-electron chi connectivity index (χ0n) is 8.31. The predicted octanol–water partition coefficient (Wildman–Crippen LogP) is 3.10. The number of hydrogen-bond donors (Lipinski definition) is 0. The molecule has 1 aliphatic carbocycles. The van der Waals surface area contributed by atoms with Crippen molar-refractivity contribution in [3.8, 4) is 0 Å². The van der Waals surface area contributed by atoms with Gasteiger partial charge >= 0.3 is 0 Å². The molecule has 1 rings (SSSR count). The Labute approximate surface area is 74.9 Å². The fraction of sp³-hybridized carbons (Fsp3) is 0.727. The molecule has 0 aromatic carbocycles. The van der Waals surface area contributed by atoms with E-state index in [2.05, 4.69) is 13.8 Å². The Morgan fingerprint density at radius 3 is 2.67 bits per heavy atom. The zero-order valence-corrected chi connectivity index (χ0v) is 8.31. The minimum absolute atomic E-state index is 0.197. The second kappa shape index (κ2) is 3.42. The lowest BCUT2D eigenvalue weighted by Crippen LogP contribution is -2.17. The lowest BCUT2D eigenvalue weighted by molar-refractivity contribution is -0.112. The average molecular weight is 166 g/mol. The van der Waals surface area contributed by atoms with Gasteiger partial charge in [-0.05, 0) is 44.1 Å². The summed E-state index contributed by atoms with van der Waals surface area (Å²) in [5, 5.41) is 0. The molecule has 0 heterocycles. The van der Waals surface area contributed by atoms with Crippen LogP contribution < -0.4 is 0 Å². The molecule has 1 saturated carbocycles. The molecule has 0 bridgehead atoms. The number of allylic oxidation sites excluding steroid dienone is 2. The number of ketones is 1. The van der Waals surface area contributed by atoms with Crippen LogP contribution in [0.25, 0.3) is 0 Å². The van der Waals surface area contributed by atoms with Crippen molar-refractivity contribution >= 4 is 5.78 Å². The van der Waals surface area contributed by atoms with Gasteiger partial charge in [0.15, 0.2) is 5.78 Å². The molecule has 0 aromatic rings. The highest BCUT2D eigenvalue weighted by molar-refractivity contribution is 5.87. The van der Waals surface area contributed by atoms with Gasteiger partial charge in [-0.3, -0.25) is 4.79 Å². The van der Waals surface area contributed by atoms with Crippen LogP contribution in [0.4, 0.5) is 0 Å². The monoisotopic (exact) mass is 166 g/mol. The smallest absolute Gasteiger partial charge is 0.152 e. The van der Waals surface area contributed by atoms with Crippen molar-refractivity contribution in [1.82, 2.24) is 0 Å². The third kappa shape index (κ3) is 2.80. The van der Waals surface area contributed by atoms with Crippen molar-refractivity contribution in [2.24, 2.45) is 5.41 Å². The van der Waals surface area contributed by atoms with Crippen molar-refractivity contribution in [2.45, 2.75) is 46.5 Å². The zero-order chi connectivity index (χ0) is 9.19. The molecule has 1 heteroatoms. The first-order chi connectivity index (χ1) is 5.49. The molecule has 0 aromatic heterocycles. The van der Waals surface area contributed by atoms with Crippen LogP contribution in [0.1, 0.15) is 46.5 Å². The van der Waals surface area contributed by atoms with E-state index in [0.29, 0.717) is 5.41 Å². The summed E-state index contributed by atoms with van der Waals surface area (Å²) in [7, 11) is 0. The van der Waals surface area contributed by atoms with Gasteiger partial charge in [0.2, 0.25) is 0 Å². The molecule has 12 heavy (non-hydrogen) atoms. The van der Waals surface area contributed by atoms with E-state index in [4.69, 9.17) is 0 Å². The Kier molecular flexibility index (Phi) is 2.71. The van der Waals surface area contributed by atoms with Crippen LogP contribution in [-0.4, -0.2) is 5.78 Å². The molecule has 1 nitrogen and oxygen atoms in total. The fourth-order valence-corrected chi connectivity index (χ4v) is 2.00. The number of hydrogen-bond acceptors (Lipinski definition) is 1. The van der Waals surface area contributed by atoms with Gasteiger partial charge in [-0.25, -0.2) is 0 Å². The lowest BCUT2D eigenvalue weighted by Gasteiger charge is -2.31. The quantitative estimate of drug-likeness (QED) is 0.547. The molecule has 0 aliphatic heterocycles. The lowest BCUT2D eigenvalue weighted by atomic mass is 9.75. The van der Waals surface area contributed by atoms with Crippen LogP contribution in [-0.2, 0) is 4.79 Å². The number of carbonyl (C=O) groups excluding carboxylic acids is 1. The van der Waals surface area contributed by atoms with Gasteiger partial charge in [0, 0.05) is 0 Å². The van der Waals surface area contributed by atoms with Gasteiger partial charge in [0.1, 0.15) is 0 Å². The van der Waals surface area contributed by atoms with Crippen molar-refractivity contribution < 1.29 is 4.79 Å². The van der Waals surface area contributed by atoms with Gasteiger partial charge in [-0.2, -0.15) is 0 Å². The Balaban J connectivity index is 2.64. The number of carbonyl (C=O) groups is 1. The summed E-state index contributed by atoms with van der Waals surface area (Å²) in [5.41, 5.74) is 1.76. The van der Waals surface area contributed by atoms with Gasteiger partial charge < -0.3 is 0 Å². The van der Waals surface area contributed by atoms with Gasteiger partial charge in [-0.15, -0.1) is 0 Å². The van der Waals surface area contributed by atoms with Gasteiger partial charge in [0.05, 0.1) is 0 Å². The summed E-state index contributed by atoms with van der Waals surface area (Å²) in [6, 6.07) is 0. The summed E-state index contributed by atoms with van der Waals surface area (Å²) in [6.45, 7) is 6.19. The molecular formula is C11H18O. The Morgan fingerprint density at radius 1 is 1.50 bits per heavy atom. The standard InChI is InChI=1S/C11H18O/c1-9(12)7-10-5-4-6-11(2,3)8-10/h7H,4-6,8H2,1-3H3. The molecular weight excluding hydrogens is 148 g/mol. The summed E-state index contributed by atoms with van der Waals surface area (Å²) >= 11 is 0. The molecule has 0 atom stereocenters. The third-order valence-corrected chi connectivity index (χ3v) is 2.46. The molecule has 0 unspecified atom stereocenters. The SMILES string of the molecule is CC(=O)C=C1CCCC(C)(C)C1. The van der Waals surface area contributed by atoms with Gasteiger partial charge in [-0.1, -0.05) is 19.4 Å². The third-order valence-electron chi connectivity index (χ3n) is 2.46. The largest absolute Gasteiger partial charge is 0.295 e. The fourth-order valence-electron chi connectivity index (χ4n) is 2.00. The second-order valence-electron chi connectivity index (χ2n) is 4.61. The van der Waals surface area contributed by atoms with E-state index in [1.54, 1.807) is 6.92 Å². The van der Waals surface area contributed by atoms with E-state index in [0.717, 1.165) is 12.8 Å². The highest BCUT2D eigenvalue weighted by atomic mass is 16.1. The maximum absolute atomic E-state index is 10.8. The maximum atomic E-state index is 10.8. The first kappa shape index (κ1) is 9.50. The summed E-state index contributed by atoms with van der Waals surface area (Å²) in [5.74, 6) is 0.197. The van der Waals surface area contributed by atoms with E-state index in [1.807, 2.05) is 6.08 Å². The number of rotatable bonds is 1. The first-order valence-corrected chi connectivity index (χ1v) is 4.70. The van der Waals surface area contributed by atoms with Crippen molar-refractivity contribution in [3.05, 3.63) is 11.6 Å². The Morgan fingerprint density at radius 2 is 2.17 bits per heavy atom. The maximum Gasteiger partial charge on any atom is 0.152 e. The van der Waals surface area contributed by atoms with E-state index in [-0.39, 0.29) is 5.78 Å².